The second kappa shape index (κ2) is 6.56. The zero-order valence-electron chi connectivity index (χ0n) is 10.0. The molecule has 2 rings (SSSR count). The monoisotopic (exact) mass is 240 g/mol. The van der Waals surface area contributed by atoms with E-state index in [-0.39, 0.29) is 0 Å². The highest BCUT2D eigenvalue weighted by Gasteiger charge is 2.14. The van der Waals surface area contributed by atoms with Gasteiger partial charge in [-0.3, -0.25) is 0 Å². The summed E-state index contributed by atoms with van der Waals surface area (Å²) in [4.78, 5) is 0. The van der Waals surface area contributed by atoms with Crippen LogP contribution in [0.15, 0.2) is 4.42 Å². The summed E-state index contributed by atoms with van der Waals surface area (Å²) in [7, 11) is 0. The fraction of sp³-hybridized carbons (Fsp3) is 0.818. The number of nitrogens with one attached hydrogen (secondary N) is 1. The third kappa shape index (κ3) is 3.98. The van der Waals surface area contributed by atoms with E-state index < -0.39 is 0 Å². The van der Waals surface area contributed by atoms with Crippen LogP contribution in [0.1, 0.15) is 31.6 Å². The number of hydrogen-bond donors (Lipinski definition) is 2. The molecule has 1 saturated carbocycles. The number of hydrogen-bond acceptors (Lipinski definition) is 6. The molecule has 0 saturated heterocycles. The molecule has 0 atom stereocenters. The summed E-state index contributed by atoms with van der Waals surface area (Å²) >= 11 is 0. The lowest BCUT2D eigenvalue weighted by Gasteiger charge is -2.10. The highest BCUT2D eigenvalue weighted by Crippen LogP contribution is 2.20. The van der Waals surface area contributed by atoms with Crippen molar-refractivity contribution >= 4 is 6.01 Å². The van der Waals surface area contributed by atoms with Crippen LogP contribution in [0.2, 0.25) is 0 Å². The molecule has 96 valence electrons. The Hall–Kier alpha value is -1.14. The molecule has 0 bridgehead atoms. The minimum Gasteiger partial charge on any atom is -0.408 e. The molecule has 6 heteroatoms. The van der Waals surface area contributed by atoms with E-state index in [0.717, 1.165) is 0 Å². The Balaban J connectivity index is 1.60. The zero-order chi connectivity index (χ0) is 11.9. The van der Waals surface area contributed by atoms with Crippen molar-refractivity contribution in [3.05, 3.63) is 5.89 Å². The summed E-state index contributed by atoms with van der Waals surface area (Å²) in [6.07, 6.45) is 6.05. The molecule has 1 aliphatic rings. The smallest absolute Gasteiger partial charge is 0.315 e. The lowest BCUT2D eigenvalue weighted by atomic mass is 10.3. The summed E-state index contributed by atoms with van der Waals surface area (Å²) in [5, 5.41) is 10.8. The Bertz CT molecular complexity index is 323. The fourth-order valence-corrected chi connectivity index (χ4v) is 1.99. The average Bonchev–Trinajstić information content (AvgIpc) is 2.96. The minimum absolute atomic E-state index is 0.448. The predicted octanol–water partition coefficient (Wildman–Crippen LogP) is 0.942. The van der Waals surface area contributed by atoms with Gasteiger partial charge in [-0.05, 0) is 12.8 Å². The van der Waals surface area contributed by atoms with Gasteiger partial charge in [0.15, 0.2) is 0 Å². The van der Waals surface area contributed by atoms with Crippen LogP contribution in [-0.2, 0) is 11.2 Å². The highest BCUT2D eigenvalue weighted by atomic mass is 16.5. The maximum atomic E-state index is 5.71. The van der Waals surface area contributed by atoms with E-state index in [4.69, 9.17) is 14.9 Å². The third-order valence-electron chi connectivity index (χ3n) is 2.86. The van der Waals surface area contributed by atoms with Crippen LogP contribution in [-0.4, -0.2) is 36.0 Å². The molecule has 1 heterocycles. The maximum Gasteiger partial charge on any atom is 0.315 e. The van der Waals surface area contributed by atoms with Crippen LogP contribution < -0.4 is 11.1 Å². The van der Waals surface area contributed by atoms with Crippen molar-refractivity contribution in [2.45, 2.75) is 38.2 Å². The summed E-state index contributed by atoms with van der Waals surface area (Å²) in [5.41, 5.74) is 5.39. The van der Waals surface area contributed by atoms with Crippen molar-refractivity contribution in [2.24, 2.45) is 5.73 Å². The lowest BCUT2D eigenvalue weighted by Crippen LogP contribution is -2.15. The molecule has 0 spiro atoms. The topological polar surface area (TPSA) is 86.2 Å². The first-order valence-electron chi connectivity index (χ1n) is 6.26. The third-order valence-corrected chi connectivity index (χ3v) is 2.86. The number of ether oxygens (including phenoxy) is 1. The minimum atomic E-state index is 0.448. The van der Waals surface area contributed by atoms with Gasteiger partial charge in [0.25, 0.3) is 0 Å². The molecule has 3 N–H and O–H groups in total. The molecular formula is C11H20N4O2. The van der Waals surface area contributed by atoms with E-state index in [9.17, 15) is 0 Å². The maximum absolute atomic E-state index is 5.71. The molecule has 0 aromatic carbocycles. The number of rotatable bonds is 7. The number of aromatic nitrogens is 2. The van der Waals surface area contributed by atoms with E-state index in [1.54, 1.807) is 0 Å². The van der Waals surface area contributed by atoms with E-state index in [1.807, 2.05) is 0 Å². The van der Waals surface area contributed by atoms with Crippen molar-refractivity contribution in [2.75, 3.05) is 25.0 Å². The van der Waals surface area contributed by atoms with Gasteiger partial charge in [-0.1, -0.05) is 17.9 Å². The normalized spacial score (nSPS) is 16.5. The molecule has 0 radical (unpaired) electrons. The van der Waals surface area contributed by atoms with Gasteiger partial charge in [0, 0.05) is 19.5 Å². The van der Waals surface area contributed by atoms with E-state index in [2.05, 4.69) is 15.5 Å². The second-order valence-electron chi connectivity index (χ2n) is 4.24. The Morgan fingerprint density at radius 2 is 2.18 bits per heavy atom. The molecule has 0 amide bonds. The van der Waals surface area contributed by atoms with Crippen molar-refractivity contribution in [3.63, 3.8) is 0 Å². The van der Waals surface area contributed by atoms with E-state index in [1.165, 1.54) is 25.7 Å². The van der Waals surface area contributed by atoms with E-state index >= 15 is 0 Å². The van der Waals surface area contributed by atoms with Gasteiger partial charge < -0.3 is 20.2 Å². The van der Waals surface area contributed by atoms with Crippen LogP contribution >= 0.6 is 0 Å². The first-order valence-corrected chi connectivity index (χ1v) is 6.26. The standard InChI is InChI=1S/C11H20N4O2/c12-6-5-10-14-15-11(17-10)13-7-8-16-9-3-1-2-4-9/h9H,1-8,12H2,(H,13,15). The number of nitrogens with zero attached hydrogens (tertiary/aromatic N) is 2. The molecule has 1 fully saturated rings. The van der Waals surface area contributed by atoms with Gasteiger partial charge in [-0.2, -0.15) is 0 Å². The summed E-state index contributed by atoms with van der Waals surface area (Å²) in [5.74, 6) is 0.576. The zero-order valence-corrected chi connectivity index (χ0v) is 10.0. The van der Waals surface area contributed by atoms with Gasteiger partial charge in [0.05, 0.1) is 12.7 Å². The molecule has 0 unspecified atom stereocenters. The second-order valence-corrected chi connectivity index (χ2v) is 4.24. The Labute approximate surface area is 101 Å². The molecular weight excluding hydrogens is 220 g/mol. The van der Waals surface area contributed by atoms with Gasteiger partial charge in [0.1, 0.15) is 0 Å². The first kappa shape index (κ1) is 12.3. The largest absolute Gasteiger partial charge is 0.408 e. The van der Waals surface area contributed by atoms with Crippen LogP contribution in [0.4, 0.5) is 6.01 Å². The number of nitrogens with two attached hydrogens (primary N) is 1. The fourth-order valence-electron chi connectivity index (χ4n) is 1.99. The van der Waals surface area contributed by atoms with Crippen LogP contribution in [0, 0.1) is 0 Å². The first-order chi connectivity index (χ1) is 8.38. The SMILES string of the molecule is NCCc1nnc(NCCOC2CCCC2)o1. The molecule has 1 aromatic heterocycles. The van der Waals surface area contributed by atoms with Crippen LogP contribution in [0.5, 0.6) is 0 Å². The quantitative estimate of drug-likeness (QED) is 0.690. The Kier molecular flexibility index (Phi) is 4.75. The predicted molar refractivity (Wildman–Crippen MR) is 63.8 cm³/mol. The summed E-state index contributed by atoms with van der Waals surface area (Å²) in [6, 6.07) is 0.448. The Morgan fingerprint density at radius 1 is 1.35 bits per heavy atom. The summed E-state index contributed by atoms with van der Waals surface area (Å²) < 4.78 is 11.0. The van der Waals surface area contributed by atoms with Gasteiger partial charge in [-0.15, -0.1) is 5.10 Å². The van der Waals surface area contributed by atoms with Crippen molar-refractivity contribution in [1.29, 1.82) is 0 Å². The Morgan fingerprint density at radius 3 is 2.94 bits per heavy atom. The van der Waals surface area contributed by atoms with Gasteiger partial charge >= 0.3 is 6.01 Å². The van der Waals surface area contributed by atoms with Crippen molar-refractivity contribution < 1.29 is 9.15 Å². The van der Waals surface area contributed by atoms with E-state index in [0.29, 0.717) is 44.1 Å². The van der Waals surface area contributed by atoms with Gasteiger partial charge in [0.2, 0.25) is 5.89 Å². The molecule has 6 nitrogen and oxygen atoms in total. The summed E-state index contributed by atoms with van der Waals surface area (Å²) in [6.45, 7) is 1.90. The molecule has 17 heavy (non-hydrogen) atoms. The molecule has 1 aliphatic carbocycles. The molecule has 0 aliphatic heterocycles. The van der Waals surface area contributed by atoms with Gasteiger partial charge in [-0.25, -0.2) is 0 Å². The average molecular weight is 240 g/mol. The lowest BCUT2D eigenvalue weighted by molar-refractivity contribution is 0.0657. The van der Waals surface area contributed by atoms with Crippen molar-refractivity contribution in [3.8, 4) is 0 Å². The van der Waals surface area contributed by atoms with Crippen LogP contribution in [0.25, 0.3) is 0 Å². The highest BCUT2D eigenvalue weighted by molar-refractivity contribution is 5.16. The van der Waals surface area contributed by atoms with Crippen LogP contribution in [0.3, 0.4) is 0 Å². The molecule has 1 aromatic rings. The number of anilines is 1. The van der Waals surface area contributed by atoms with Crippen molar-refractivity contribution in [1.82, 2.24) is 10.2 Å².